The van der Waals surface area contributed by atoms with Gasteiger partial charge in [-0.3, -0.25) is 4.79 Å². The van der Waals surface area contributed by atoms with Gasteiger partial charge in [0.1, 0.15) is 0 Å². The van der Waals surface area contributed by atoms with Crippen LogP contribution in [0.2, 0.25) is 5.02 Å². The molecule has 1 heterocycles. The first-order chi connectivity index (χ1) is 15.8. The summed E-state index contributed by atoms with van der Waals surface area (Å²) in [7, 11) is -3.94. The summed E-state index contributed by atoms with van der Waals surface area (Å²) in [6.07, 6.45) is 0.364. The molecule has 0 saturated carbocycles. The molecule has 1 aliphatic rings. The summed E-state index contributed by atoms with van der Waals surface area (Å²) in [6, 6.07) is 23.0. The molecule has 0 unspecified atom stereocenters. The van der Waals surface area contributed by atoms with E-state index >= 15 is 0 Å². The number of hydrogen-bond donors (Lipinski definition) is 1. The SMILES string of the molecule is Cc1ccccc1S(=O)(=O)N1C[C@@H](C(=O)O)[C@H](Sc2ccccc2)C[C@H]1c1ccc(Cl)cc1. The molecule has 5 nitrogen and oxygen atoms in total. The van der Waals surface area contributed by atoms with Gasteiger partial charge >= 0.3 is 5.97 Å². The van der Waals surface area contributed by atoms with Crippen molar-refractivity contribution in [3.8, 4) is 0 Å². The normalized spacial score (nSPS) is 21.6. The average Bonchev–Trinajstić information content (AvgIpc) is 2.80. The zero-order valence-electron chi connectivity index (χ0n) is 18.0. The van der Waals surface area contributed by atoms with Gasteiger partial charge in [-0.15, -0.1) is 11.8 Å². The van der Waals surface area contributed by atoms with Crippen molar-refractivity contribution in [1.82, 2.24) is 4.31 Å². The molecule has 0 radical (unpaired) electrons. The lowest BCUT2D eigenvalue weighted by atomic mass is 9.90. The van der Waals surface area contributed by atoms with Crippen LogP contribution >= 0.6 is 23.4 Å². The quantitative estimate of drug-likeness (QED) is 0.472. The molecule has 33 heavy (non-hydrogen) atoms. The molecule has 0 spiro atoms. The maximum atomic E-state index is 13.8. The molecule has 8 heteroatoms. The summed E-state index contributed by atoms with van der Waals surface area (Å²) in [4.78, 5) is 13.4. The third-order valence-corrected chi connectivity index (χ3v) is 9.57. The van der Waals surface area contributed by atoms with Crippen LogP contribution in [0.4, 0.5) is 0 Å². The Kier molecular flexibility index (Phi) is 7.14. The highest BCUT2D eigenvalue weighted by Gasteiger charge is 2.45. The molecule has 3 aromatic carbocycles. The van der Waals surface area contributed by atoms with Crippen molar-refractivity contribution in [2.45, 2.75) is 34.4 Å². The number of sulfonamides is 1. The third-order valence-electron chi connectivity index (χ3n) is 5.91. The number of hydrogen-bond acceptors (Lipinski definition) is 4. The number of carbonyl (C=O) groups is 1. The fourth-order valence-electron chi connectivity index (χ4n) is 4.21. The first-order valence-electron chi connectivity index (χ1n) is 10.5. The molecular weight excluding hydrogens is 478 g/mol. The van der Waals surface area contributed by atoms with E-state index in [0.717, 1.165) is 10.5 Å². The summed E-state index contributed by atoms with van der Waals surface area (Å²) in [5.41, 5.74) is 1.42. The van der Waals surface area contributed by atoms with Gasteiger partial charge in [-0.1, -0.05) is 60.1 Å². The van der Waals surface area contributed by atoms with Crippen LogP contribution in [0, 0.1) is 12.8 Å². The van der Waals surface area contributed by atoms with E-state index in [0.29, 0.717) is 17.0 Å². The number of aryl methyl sites for hydroxylation is 1. The number of halogens is 1. The van der Waals surface area contributed by atoms with Crippen molar-refractivity contribution in [2.24, 2.45) is 5.92 Å². The van der Waals surface area contributed by atoms with Crippen molar-refractivity contribution in [1.29, 1.82) is 0 Å². The summed E-state index contributed by atoms with van der Waals surface area (Å²) in [5.74, 6) is -1.85. The summed E-state index contributed by atoms with van der Waals surface area (Å²) < 4.78 is 28.9. The molecular formula is C25H24ClNO4S2. The van der Waals surface area contributed by atoms with E-state index in [1.165, 1.54) is 16.1 Å². The number of aliphatic carboxylic acids is 1. The van der Waals surface area contributed by atoms with Crippen LogP contribution < -0.4 is 0 Å². The summed E-state index contributed by atoms with van der Waals surface area (Å²) >= 11 is 7.57. The van der Waals surface area contributed by atoms with E-state index in [9.17, 15) is 18.3 Å². The molecule has 0 bridgehead atoms. The molecule has 4 rings (SSSR count). The minimum Gasteiger partial charge on any atom is -0.481 e. The van der Waals surface area contributed by atoms with Crippen LogP contribution in [-0.2, 0) is 14.8 Å². The Morgan fingerprint density at radius 3 is 2.27 bits per heavy atom. The Bertz CT molecular complexity index is 1230. The minimum absolute atomic E-state index is 0.107. The van der Waals surface area contributed by atoms with E-state index in [2.05, 4.69) is 0 Å². The van der Waals surface area contributed by atoms with Gasteiger partial charge in [0, 0.05) is 21.7 Å². The zero-order valence-corrected chi connectivity index (χ0v) is 20.4. The highest BCUT2D eigenvalue weighted by Crippen LogP contribution is 2.44. The lowest BCUT2D eigenvalue weighted by Gasteiger charge is -2.42. The molecule has 3 aromatic rings. The fraction of sp³-hybridized carbons (Fsp3) is 0.240. The van der Waals surface area contributed by atoms with E-state index < -0.39 is 28.0 Å². The van der Waals surface area contributed by atoms with Gasteiger partial charge in [-0.25, -0.2) is 8.42 Å². The maximum absolute atomic E-state index is 13.8. The van der Waals surface area contributed by atoms with Crippen molar-refractivity contribution >= 4 is 39.4 Å². The number of piperidine rings is 1. The summed E-state index contributed by atoms with van der Waals surface area (Å²) in [6.45, 7) is 1.64. The molecule has 172 valence electrons. The Morgan fingerprint density at radius 2 is 1.64 bits per heavy atom. The van der Waals surface area contributed by atoms with Gasteiger partial charge in [0.2, 0.25) is 10.0 Å². The van der Waals surface area contributed by atoms with Crippen LogP contribution in [0.25, 0.3) is 0 Å². The monoisotopic (exact) mass is 501 g/mol. The van der Waals surface area contributed by atoms with Crippen LogP contribution in [0.3, 0.4) is 0 Å². The van der Waals surface area contributed by atoms with Gasteiger partial charge in [0.15, 0.2) is 0 Å². The number of thioether (sulfide) groups is 1. The molecule has 1 saturated heterocycles. The second-order valence-electron chi connectivity index (χ2n) is 8.06. The largest absolute Gasteiger partial charge is 0.481 e. The maximum Gasteiger partial charge on any atom is 0.308 e. The molecule has 0 aliphatic carbocycles. The number of carboxylic acid groups (broad SMARTS) is 1. The van der Waals surface area contributed by atoms with Crippen LogP contribution in [0.1, 0.15) is 23.6 Å². The van der Waals surface area contributed by atoms with E-state index in [-0.39, 0.29) is 16.7 Å². The molecule has 3 atom stereocenters. The van der Waals surface area contributed by atoms with Gasteiger partial charge < -0.3 is 5.11 Å². The predicted octanol–water partition coefficient (Wildman–Crippen LogP) is 5.65. The fourth-order valence-corrected chi connectivity index (χ4v) is 7.52. The molecule has 0 aromatic heterocycles. The lowest BCUT2D eigenvalue weighted by Crippen LogP contribution is -2.49. The van der Waals surface area contributed by atoms with Crippen LogP contribution in [0.15, 0.2) is 88.7 Å². The number of benzene rings is 3. The lowest BCUT2D eigenvalue weighted by molar-refractivity contribution is -0.143. The number of nitrogens with zero attached hydrogens (tertiary/aromatic N) is 1. The first kappa shape index (κ1) is 23.8. The van der Waals surface area contributed by atoms with E-state index in [1.807, 2.05) is 42.5 Å². The van der Waals surface area contributed by atoms with Crippen molar-refractivity contribution < 1.29 is 18.3 Å². The summed E-state index contributed by atoms with van der Waals surface area (Å²) in [5, 5.41) is 10.3. The van der Waals surface area contributed by atoms with E-state index in [4.69, 9.17) is 11.6 Å². The number of rotatable bonds is 6. The van der Waals surface area contributed by atoms with Crippen LogP contribution in [0.5, 0.6) is 0 Å². The molecule has 1 fully saturated rings. The van der Waals surface area contributed by atoms with E-state index in [1.54, 1.807) is 43.3 Å². The molecule has 0 amide bonds. The molecule has 1 N–H and O–H groups in total. The standard InChI is InChI=1S/C25H24ClNO4S2/c1-17-7-5-6-10-24(17)33(30,31)27-16-21(25(28)29)23(32-20-8-3-2-4-9-20)15-22(27)18-11-13-19(26)14-12-18/h2-14,21-23H,15-16H2,1H3,(H,28,29)/t21-,22+,23-/m1/s1. The Hall–Kier alpha value is -2.32. The van der Waals surface area contributed by atoms with Crippen molar-refractivity contribution in [3.05, 3.63) is 95.0 Å². The minimum atomic E-state index is -3.94. The van der Waals surface area contributed by atoms with Crippen molar-refractivity contribution in [3.63, 3.8) is 0 Å². The van der Waals surface area contributed by atoms with Crippen LogP contribution in [-0.4, -0.2) is 35.6 Å². The number of carboxylic acids is 1. The van der Waals surface area contributed by atoms with Crippen molar-refractivity contribution in [2.75, 3.05) is 6.54 Å². The second kappa shape index (κ2) is 9.89. The zero-order chi connectivity index (χ0) is 23.6. The Morgan fingerprint density at radius 1 is 1.00 bits per heavy atom. The highest BCUT2D eigenvalue weighted by atomic mass is 35.5. The van der Waals surface area contributed by atoms with Gasteiger partial charge in [0.25, 0.3) is 0 Å². The predicted molar refractivity (Wildman–Crippen MR) is 131 cm³/mol. The van der Waals surface area contributed by atoms with Gasteiger partial charge in [0.05, 0.1) is 16.9 Å². The topological polar surface area (TPSA) is 74.7 Å². The third kappa shape index (κ3) is 5.11. The Balaban J connectivity index is 1.78. The molecule has 1 aliphatic heterocycles. The van der Waals surface area contributed by atoms with Gasteiger partial charge in [-0.2, -0.15) is 4.31 Å². The smallest absolute Gasteiger partial charge is 0.308 e. The second-order valence-corrected chi connectivity index (χ2v) is 11.7. The Labute approximate surface area is 203 Å². The first-order valence-corrected chi connectivity index (χ1v) is 13.2. The van der Waals surface area contributed by atoms with Gasteiger partial charge in [-0.05, 0) is 54.8 Å². The average molecular weight is 502 g/mol. The highest BCUT2D eigenvalue weighted by molar-refractivity contribution is 8.00.